The van der Waals surface area contributed by atoms with Gasteiger partial charge in [0, 0.05) is 42.5 Å². The molecule has 170 valence electrons. The third kappa shape index (κ3) is 6.08. The Balaban J connectivity index is 0.00000272. The minimum Gasteiger partial charge on any atom is -0.379 e. The van der Waals surface area contributed by atoms with Crippen molar-refractivity contribution in [3.63, 3.8) is 0 Å². The summed E-state index contributed by atoms with van der Waals surface area (Å²) in [5.41, 5.74) is 1.01. The molecular weight excluding hydrogens is 447 g/mol. The molecule has 0 amide bonds. The van der Waals surface area contributed by atoms with E-state index in [0.29, 0.717) is 12.2 Å². The highest BCUT2D eigenvalue weighted by atomic mass is 35.5. The highest BCUT2D eigenvalue weighted by Gasteiger charge is 2.33. The van der Waals surface area contributed by atoms with Crippen LogP contribution in [0.5, 0.6) is 0 Å². The molecule has 2 aromatic carbocycles. The summed E-state index contributed by atoms with van der Waals surface area (Å²) in [6, 6.07) is 11.9. The molecule has 2 heterocycles. The van der Waals surface area contributed by atoms with Gasteiger partial charge in [0.25, 0.3) is 0 Å². The number of morpholine rings is 1. The molecule has 0 spiro atoms. The maximum atomic E-state index is 13.3. The van der Waals surface area contributed by atoms with Crippen LogP contribution in [-0.4, -0.2) is 57.4 Å². The molecule has 4 rings (SSSR count). The van der Waals surface area contributed by atoms with Gasteiger partial charge in [-0.3, -0.25) is 4.90 Å². The number of alkyl halides is 3. The molecule has 1 N–H and O–H groups in total. The number of fused-ring (bicyclic) bond motifs is 2. The summed E-state index contributed by atoms with van der Waals surface area (Å²) in [5, 5.41) is 3.46. The van der Waals surface area contributed by atoms with Crippen LogP contribution in [0.4, 0.5) is 24.5 Å². The topological polar surface area (TPSA) is 27.7 Å². The summed E-state index contributed by atoms with van der Waals surface area (Å²) < 4.78 is 45.2. The molecule has 1 fully saturated rings. The first-order valence-electron chi connectivity index (χ1n) is 10.3. The summed E-state index contributed by atoms with van der Waals surface area (Å²) in [7, 11) is 0. The Morgan fingerprint density at radius 1 is 0.935 bits per heavy atom. The Kier molecular flexibility index (Phi) is 8.52. The molecule has 31 heavy (non-hydrogen) atoms. The first kappa shape index (κ1) is 24.2. The largest absolute Gasteiger partial charge is 0.416 e. The zero-order chi connectivity index (χ0) is 21.0. The summed E-state index contributed by atoms with van der Waals surface area (Å²) in [6.45, 7) is 6.92. The van der Waals surface area contributed by atoms with Crippen LogP contribution in [0.2, 0.25) is 0 Å². The van der Waals surface area contributed by atoms with E-state index in [2.05, 4.69) is 10.2 Å². The van der Waals surface area contributed by atoms with Crippen LogP contribution in [0, 0.1) is 0 Å². The summed E-state index contributed by atoms with van der Waals surface area (Å²) in [6.07, 6.45) is -3.50. The molecule has 1 saturated heterocycles. The zero-order valence-electron chi connectivity index (χ0n) is 17.2. The second kappa shape index (κ2) is 10.9. The minimum atomic E-state index is -4.34. The lowest BCUT2D eigenvalue weighted by Crippen LogP contribution is -2.40. The van der Waals surface area contributed by atoms with Crippen molar-refractivity contribution in [3.05, 3.63) is 48.0 Å². The third-order valence-electron chi connectivity index (χ3n) is 5.40. The molecule has 0 bridgehead atoms. The van der Waals surface area contributed by atoms with E-state index in [1.807, 2.05) is 29.2 Å². The van der Waals surface area contributed by atoms with Crippen molar-refractivity contribution in [2.75, 3.05) is 57.4 Å². The van der Waals surface area contributed by atoms with E-state index < -0.39 is 11.7 Å². The van der Waals surface area contributed by atoms with Crippen molar-refractivity contribution in [3.8, 4) is 0 Å². The minimum absolute atomic E-state index is 0. The number of hydrogen-bond acceptors (Lipinski definition) is 5. The maximum Gasteiger partial charge on any atom is 0.416 e. The number of halogens is 4. The van der Waals surface area contributed by atoms with Gasteiger partial charge in [-0.25, -0.2) is 0 Å². The van der Waals surface area contributed by atoms with E-state index in [1.54, 1.807) is 6.07 Å². The maximum absolute atomic E-state index is 13.3. The van der Waals surface area contributed by atoms with E-state index in [1.165, 1.54) is 23.9 Å². The van der Waals surface area contributed by atoms with E-state index >= 15 is 0 Å². The van der Waals surface area contributed by atoms with Crippen molar-refractivity contribution in [2.45, 2.75) is 22.4 Å². The quantitative estimate of drug-likeness (QED) is 0.568. The molecule has 0 unspecified atom stereocenters. The van der Waals surface area contributed by atoms with Crippen molar-refractivity contribution >= 4 is 35.5 Å². The van der Waals surface area contributed by atoms with Crippen LogP contribution in [0.15, 0.2) is 52.3 Å². The molecule has 0 atom stereocenters. The molecule has 4 nitrogen and oxygen atoms in total. The summed E-state index contributed by atoms with van der Waals surface area (Å²) in [4.78, 5) is 6.34. The second-order valence-corrected chi connectivity index (χ2v) is 8.54. The van der Waals surface area contributed by atoms with E-state index in [9.17, 15) is 13.2 Å². The fraction of sp³-hybridized carbons (Fsp3) is 0.455. The van der Waals surface area contributed by atoms with Crippen LogP contribution in [-0.2, 0) is 10.9 Å². The molecule has 9 heteroatoms. The molecule has 0 radical (unpaired) electrons. The smallest absolute Gasteiger partial charge is 0.379 e. The SMILES string of the molecule is Cl.FC(F)(F)c1ccc2c(c1)N(CCCNCCN1CCOCC1)c1ccccc1S2. The van der Waals surface area contributed by atoms with Crippen LogP contribution < -0.4 is 10.2 Å². The highest BCUT2D eigenvalue weighted by molar-refractivity contribution is 7.99. The fourth-order valence-corrected chi connectivity index (χ4v) is 4.87. The zero-order valence-corrected chi connectivity index (χ0v) is 18.8. The van der Waals surface area contributed by atoms with Gasteiger partial charge in [0.15, 0.2) is 0 Å². The average Bonchev–Trinajstić information content (AvgIpc) is 2.75. The molecule has 0 saturated carbocycles. The van der Waals surface area contributed by atoms with Crippen LogP contribution in [0.1, 0.15) is 12.0 Å². The van der Waals surface area contributed by atoms with Crippen molar-refractivity contribution in [1.82, 2.24) is 10.2 Å². The van der Waals surface area contributed by atoms with Crippen LogP contribution in [0.25, 0.3) is 0 Å². The van der Waals surface area contributed by atoms with Gasteiger partial charge >= 0.3 is 6.18 Å². The molecule has 2 aliphatic rings. The summed E-state index contributed by atoms with van der Waals surface area (Å²) in [5.74, 6) is 0. The van der Waals surface area contributed by atoms with E-state index in [0.717, 1.165) is 67.8 Å². The van der Waals surface area contributed by atoms with Crippen LogP contribution in [0.3, 0.4) is 0 Å². The van der Waals surface area contributed by atoms with Gasteiger partial charge in [-0.05, 0) is 43.3 Å². The Morgan fingerprint density at radius 2 is 1.68 bits per heavy atom. The fourth-order valence-electron chi connectivity index (χ4n) is 3.80. The Labute approximate surface area is 191 Å². The number of para-hydroxylation sites is 1. The van der Waals surface area contributed by atoms with Gasteiger partial charge < -0.3 is 15.0 Å². The Bertz CT molecular complexity index is 862. The Morgan fingerprint density at radius 3 is 2.45 bits per heavy atom. The van der Waals surface area contributed by atoms with Gasteiger partial charge in [-0.1, -0.05) is 23.9 Å². The monoisotopic (exact) mass is 473 g/mol. The normalized spacial score (nSPS) is 16.4. The number of nitrogens with zero attached hydrogens (tertiary/aromatic N) is 2. The lowest BCUT2D eigenvalue weighted by atomic mass is 10.1. The lowest BCUT2D eigenvalue weighted by Gasteiger charge is -2.33. The van der Waals surface area contributed by atoms with Crippen LogP contribution >= 0.6 is 24.2 Å². The predicted octanol–water partition coefficient (Wildman–Crippen LogP) is 5.04. The van der Waals surface area contributed by atoms with Crippen molar-refractivity contribution in [2.24, 2.45) is 0 Å². The van der Waals surface area contributed by atoms with Gasteiger partial charge in [-0.2, -0.15) is 13.2 Å². The third-order valence-corrected chi connectivity index (χ3v) is 6.53. The number of rotatable bonds is 7. The highest BCUT2D eigenvalue weighted by Crippen LogP contribution is 2.49. The number of ether oxygens (including phenoxy) is 1. The molecule has 0 aliphatic carbocycles. The standard InChI is InChI=1S/C22H26F3N3OS.ClH/c23-22(24,25)17-6-7-21-19(16-17)28(18-4-1-2-5-20(18)30-21)10-3-8-26-9-11-27-12-14-29-15-13-27;/h1-2,4-7,16,26H,3,8-15H2;1H. The number of nitrogens with one attached hydrogen (secondary N) is 1. The van der Waals surface area contributed by atoms with Gasteiger partial charge in [0.2, 0.25) is 0 Å². The van der Waals surface area contributed by atoms with E-state index in [-0.39, 0.29) is 12.4 Å². The first-order chi connectivity index (χ1) is 14.5. The number of anilines is 2. The molecule has 0 aromatic heterocycles. The summed E-state index contributed by atoms with van der Waals surface area (Å²) >= 11 is 1.53. The molecule has 2 aromatic rings. The molecule has 2 aliphatic heterocycles. The number of hydrogen-bond donors (Lipinski definition) is 1. The van der Waals surface area contributed by atoms with Gasteiger partial charge in [-0.15, -0.1) is 12.4 Å². The Hall–Kier alpha value is -1.45. The van der Waals surface area contributed by atoms with Crippen molar-refractivity contribution < 1.29 is 17.9 Å². The van der Waals surface area contributed by atoms with Gasteiger partial charge in [0.05, 0.1) is 30.2 Å². The average molecular weight is 474 g/mol. The predicted molar refractivity (Wildman–Crippen MR) is 121 cm³/mol. The van der Waals surface area contributed by atoms with Crippen molar-refractivity contribution in [1.29, 1.82) is 0 Å². The van der Waals surface area contributed by atoms with E-state index in [4.69, 9.17) is 4.74 Å². The number of benzene rings is 2. The first-order valence-corrected chi connectivity index (χ1v) is 11.1. The molecular formula is C22H27ClF3N3OS. The lowest BCUT2D eigenvalue weighted by molar-refractivity contribution is -0.137. The van der Waals surface area contributed by atoms with Gasteiger partial charge in [0.1, 0.15) is 0 Å². The second-order valence-electron chi connectivity index (χ2n) is 7.46.